The molecule has 3 nitrogen and oxygen atoms in total. The molecule has 1 aliphatic rings. The number of likely N-dealkylation sites (tertiary alicyclic amines) is 1. The minimum atomic E-state index is 0.431. The van der Waals surface area contributed by atoms with Crippen molar-refractivity contribution < 1.29 is 0 Å². The van der Waals surface area contributed by atoms with Gasteiger partial charge in [-0.15, -0.1) is 0 Å². The van der Waals surface area contributed by atoms with E-state index in [4.69, 9.17) is 0 Å². The first-order valence-corrected chi connectivity index (χ1v) is 9.02. The van der Waals surface area contributed by atoms with Crippen LogP contribution in [0.3, 0.4) is 0 Å². The van der Waals surface area contributed by atoms with E-state index >= 15 is 0 Å². The van der Waals surface area contributed by atoms with Crippen LogP contribution in [0.2, 0.25) is 0 Å². The van der Waals surface area contributed by atoms with Crippen molar-refractivity contribution in [2.75, 3.05) is 46.8 Å². The van der Waals surface area contributed by atoms with E-state index in [0.717, 1.165) is 25.0 Å². The summed E-state index contributed by atoms with van der Waals surface area (Å²) in [6, 6.07) is 0.769. The first-order valence-electron chi connectivity index (χ1n) is 9.02. The van der Waals surface area contributed by atoms with Crippen LogP contribution in [0, 0.1) is 11.3 Å². The minimum Gasteiger partial charge on any atom is -0.316 e. The topological polar surface area (TPSA) is 18.5 Å². The summed E-state index contributed by atoms with van der Waals surface area (Å²) < 4.78 is 0. The molecule has 1 N–H and O–H groups in total. The highest BCUT2D eigenvalue weighted by Gasteiger charge is 2.29. The van der Waals surface area contributed by atoms with E-state index in [1.165, 1.54) is 45.3 Å². The van der Waals surface area contributed by atoms with Gasteiger partial charge < -0.3 is 15.1 Å². The van der Waals surface area contributed by atoms with Gasteiger partial charge in [-0.25, -0.2) is 0 Å². The van der Waals surface area contributed by atoms with Crippen molar-refractivity contribution in [2.45, 2.75) is 59.4 Å². The third-order valence-corrected chi connectivity index (χ3v) is 5.35. The highest BCUT2D eigenvalue weighted by molar-refractivity contribution is 4.85. The summed E-state index contributed by atoms with van der Waals surface area (Å²) in [6.07, 6.45) is 5.27. The average Bonchev–Trinajstić information content (AvgIpc) is 2.82. The molecule has 1 saturated heterocycles. The zero-order valence-corrected chi connectivity index (χ0v) is 15.4. The summed E-state index contributed by atoms with van der Waals surface area (Å²) in [5.74, 6) is 0.737. The molecule has 0 spiro atoms. The largest absolute Gasteiger partial charge is 0.316 e. The zero-order valence-electron chi connectivity index (χ0n) is 15.4. The normalized spacial score (nSPS) is 20.9. The molecule has 0 aromatic carbocycles. The first kappa shape index (κ1) is 18.9. The molecule has 0 saturated carbocycles. The van der Waals surface area contributed by atoms with Gasteiger partial charge in [-0.05, 0) is 64.2 Å². The van der Waals surface area contributed by atoms with Crippen molar-refractivity contribution in [3.63, 3.8) is 0 Å². The van der Waals surface area contributed by atoms with Crippen molar-refractivity contribution in [2.24, 2.45) is 11.3 Å². The third-order valence-electron chi connectivity index (χ3n) is 5.35. The van der Waals surface area contributed by atoms with Crippen LogP contribution >= 0.6 is 0 Å². The zero-order chi connectivity index (χ0) is 15.9. The maximum atomic E-state index is 3.70. The van der Waals surface area contributed by atoms with Gasteiger partial charge in [-0.1, -0.05) is 27.7 Å². The van der Waals surface area contributed by atoms with Crippen LogP contribution in [0.1, 0.15) is 53.4 Å². The number of rotatable bonds is 10. The predicted octanol–water partition coefficient (Wildman–Crippen LogP) is 3.06. The third kappa shape index (κ3) is 6.25. The van der Waals surface area contributed by atoms with Crippen LogP contribution in [-0.4, -0.2) is 62.7 Å². The molecule has 0 aromatic rings. The standard InChI is InChI=1S/C18H39N3/c1-7-18(8-2,14-19-12-16(3)4)15-20(5)13-17-10-9-11-21(17)6/h16-17,19H,7-15H2,1-6H3. The Morgan fingerprint density at radius 1 is 1.29 bits per heavy atom. The lowest BCUT2D eigenvalue weighted by atomic mass is 9.81. The predicted molar refractivity (Wildman–Crippen MR) is 93.9 cm³/mol. The molecule has 0 aliphatic carbocycles. The molecule has 21 heavy (non-hydrogen) atoms. The fraction of sp³-hybridized carbons (Fsp3) is 1.00. The Hall–Kier alpha value is -0.120. The Bertz CT molecular complexity index is 274. The highest BCUT2D eigenvalue weighted by atomic mass is 15.2. The van der Waals surface area contributed by atoms with E-state index in [-0.39, 0.29) is 0 Å². The molecule has 0 bridgehead atoms. The van der Waals surface area contributed by atoms with Crippen molar-refractivity contribution in [3.8, 4) is 0 Å². The van der Waals surface area contributed by atoms with Gasteiger partial charge in [0.05, 0.1) is 0 Å². The quantitative estimate of drug-likeness (QED) is 0.668. The van der Waals surface area contributed by atoms with Crippen LogP contribution in [0.25, 0.3) is 0 Å². The second-order valence-electron chi connectivity index (χ2n) is 7.71. The van der Waals surface area contributed by atoms with Gasteiger partial charge in [0.2, 0.25) is 0 Å². The number of nitrogens with one attached hydrogen (secondary N) is 1. The Morgan fingerprint density at radius 3 is 2.43 bits per heavy atom. The summed E-state index contributed by atoms with van der Waals surface area (Å²) in [5, 5.41) is 3.70. The van der Waals surface area contributed by atoms with Crippen LogP contribution in [0.15, 0.2) is 0 Å². The Labute approximate surface area is 133 Å². The SMILES string of the molecule is CCC(CC)(CNCC(C)C)CN(C)CC1CCCN1C. The van der Waals surface area contributed by atoms with Crippen molar-refractivity contribution in [1.29, 1.82) is 0 Å². The minimum absolute atomic E-state index is 0.431. The van der Waals surface area contributed by atoms with Gasteiger partial charge in [0.1, 0.15) is 0 Å². The molecule has 1 atom stereocenters. The molecule has 1 aliphatic heterocycles. The summed E-state index contributed by atoms with van der Waals surface area (Å²) in [5.41, 5.74) is 0.431. The highest BCUT2D eigenvalue weighted by Crippen LogP contribution is 2.27. The van der Waals surface area contributed by atoms with E-state index < -0.39 is 0 Å². The van der Waals surface area contributed by atoms with Crippen molar-refractivity contribution in [3.05, 3.63) is 0 Å². The molecule has 0 aromatic heterocycles. The second-order valence-corrected chi connectivity index (χ2v) is 7.71. The van der Waals surface area contributed by atoms with Gasteiger partial charge in [0, 0.05) is 25.7 Å². The smallest absolute Gasteiger partial charge is 0.0220 e. The van der Waals surface area contributed by atoms with Gasteiger partial charge >= 0.3 is 0 Å². The Kier molecular flexibility index (Phi) is 8.22. The fourth-order valence-corrected chi connectivity index (χ4v) is 3.61. The summed E-state index contributed by atoms with van der Waals surface area (Å²) in [6.45, 7) is 15.3. The van der Waals surface area contributed by atoms with E-state index in [0.29, 0.717) is 5.41 Å². The Morgan fingerprint density at radius 2 is 1.95 bits per heavy atom. The fourth-order valence-electron chi connectivity index (χ4n) is 3.61. The molecular formula is C18H39N3. The average molecular weight is 298 g/mol. The molecule has 126 valence electrons. The molecule has 1 fully saturated rings. The Balaban J connectivity index is 2.47. The first-order chi connectivity index (χ1) is 9.92. The molecule has 0 radical (unpaired) electrons. The van der Waals surface area contributed by atoms with Gasteiger partial charge in [0.25, 0.3) is 0 Å². The lowest BCUT2D eigenvalue weighted by molar-refractivity contribution is 0.130. The molecule has 3 heteroatoms. The van der Waals surface area contributed by atoms with Crippen LogP contribution < -0.4 is 5.32 Å². The molecule has 0 amide bonds. The lowest BCUT2D eigenvalue weighted by Gasteiger charge is -2.38. The van der Waals surface area contributed by atoms with Crippen LogP contribution in [0.4, 0.5) is 0 Å². The number of hydrogen-bond acceptors (Lipinski definition) is 3. The van der Waals surface area contributed by atoms with E-state index in [1.807, 2.05) is 0 Å². The molecule has 1 unspecified atom stereocenters. The van der Waals surface area contributed by atoms with Gasteiger partial charge in [-0.3, -0.25) is 0 Å². The van der Waals surface area contributed by atoms with E-state index in [9.17, 15) is 0 Å². The summed E-state index contributed by atoms with van der Waals surface area (Å²) >= 11 is 0. The van der Waals surface area contributed by atoms with Gasteiger partial charge in [-0.2, -0.15) is 0 Å². The van der Waals surface area contributed by atoms with Gasteiger partial charge in [0.15, 0.2) is 0 Å². The maximum Gasteiger partial charge on any atom is 0.0220 e. The molecule has 1 heterocycles. The van der Waals surface area contributed by atoms with Crippen LogP contribution in [-0.2, 0) is 0 Å². The lowest BCUT2D eigenvalue weighted by Crippen LogP contribution is -2.46. The monoisotopic (exact) mass is 297 g/mol. The number of hydrogen-bond donors (Lipinski definition) is 1. The van der Waals surface area contributed by atoms with E-state index in [2.05, 4.69) is 56.9 Å². The summed E-state index contributed by atoms with van der Waals surface area (Å²) in [4.78, 5) is 5.11. The number of likely N-dealkylation sites (N-methyl/N-ethyl adjacent to an activating group) is 2. The number of nitrogens with zero attached hydrogens (tertiary/aromatic N) is 2. The van der Waals surface area contributed by atoms with Crippen molar-refractivity contribution >= 4 is 0 Å². The molecular weight excluding hydrogens is 258 g/mol. The van der Waals surface area contributed by atoms with Crippen LogP contribution in [0.5, 0.6) is 0 Å². The maximum absolute atomic E-state index is 3.70. The van der Waals surface area contributed by atoms with E-state index in [1.54, 1.807) is 0 Å². The second kappa shape index (κ2) is 9.12. The summed E-state index contributed by atoms with van der Waals surface area (Å²) in [7, 11) is 4.59. The van der Waals surface area contributed by atoms with Crippen molar-refractivity contribution in [1.82, 2.24) is 15.1 Å². The molecule has 1 rings (SSSR count).